The molecule has 0 radical (unpaired) electrons. The molecule has 0 atom stereocenters. The van der Waals surface area contributed by atoms with Gasteiger partial charge in [-0.2, -0.15) is 0 Å². The lowest BCUT2D eigenvalue weighted by Crippen LogP contribution is -2.08. The van der Waals surface area contributed by atoms with Crippen molar-refractivity contribution in [2.45, 2.75) is 13.5 Å². The fourth-order valence-electron chi connectivity index (χ4n) is 1.70. The Morgan fingerprint density at radius 3 is 2.16 bits per heavy atom. The number of aryl methyl sites for hydroxylation is 1. The summed E-state index contributed by atoms with van der Waals surface area (Å²) in [6, 6.07) is 5.78. The Morgan fingerprint density at radius 2 is 1.53 bits per heavy atom. The van der Waals surface area contributed by atoms with E-state index in [9.17, 15) is 17.6 Å². The zero-order valence-electron chi connectivity index (χ0n) is 10.1. The van der Waals surface area contributed by atoms with Crippen molar-refractivity contribution < 1.29 is 17.6 Å². The third-order valence-electron chi connectivity index (χ3n) is 2.79. The predicted octanol–water partition coefficient (Wildman–Crippen LogP) is 4.16. The van der Waals surface area contributed by atoms with Crippen molar-refractivity contribution in [3.63, 3.8) is 0 Å². The molecule has 0 spiro atoms. The molecule has 0 heterocycles. The molecule has 0 aliphatic carbocycles. The standard InChI is InChI=1S/C14H11F4N/c1-8-5-6-12(17)14(13(8)18)19-7-9-10(15)3-2-4-11(9)16/h2-6,19H,7H2,1H3. The molecule has 1 nitrogen and oxygen atoms in total. The number of benzene rings is 2. The summed E-state index contributed by atoms with van der Waals surface area (Å²) in [5.41, 5.74) is -0.400. The summed E-state index contributed by atoms with van der Waals surface area (Å²) in [6.45, 7) is 1.14. The van der Waals surface area contributed by atoms with Crippen LogP contribution in [0.1, 0.15) is 11.1 Å². The summed E-state index contributed by atoms with van der Waals surface area (Å²) in [5.74, 6) is -3.10. The van der Waals surface area contributed by atoms with Crippen molar-refractivity contribution in [1.82, 2.24) is 0 Å². The second kappa shape index (κ2) is 5.30. The average molecular weight is 269 g/mol. The minimum Gasteiger partial charge on any atom is -0.376 e. The molecule has 0 unspecified atom stereocenters. The molecular formula is C14H11F4N. The Kier molecular flexibility index (Phi) is 3.74. The van der Waals surface area contributed by atoms with Crippen molar-refractivity contribution in [3.05, 3.63) is 64.7 Å². The maximum absolute atomic E-state index is 13.7. The van der Waals surface area contributed by atoms with Crippen LogP contribution in [-0.2, 0) is 6.54 Å². The van der Waals surface area contributed by atoms with Gasteiger partial charge in [0, 0.05) is 12.1 Å². The van der Waals surface area contributed by atoms with Crippen LogP contribution < -0.4 is 5.32 Å². The summed E-state index contributed by atoms with van der Waals surface area (Å²) >= 11 is 0. The molecule has 5 heteroatoms. The number of hydrogen-bond donors (Lipinski definition) is 1. The maximum atomic E-state index is 13.7. The van der Waals surface area contributed by atoms with Crippen LogP contribution in [-0.4, -0.2) is 0 Å². The first kappa shape index (κ1) is 13.4. The van der Waals surface area contributed by atoms with Crippen LogP contribution >= 0.6 is 0 Å². The van der Waals surface area contributed by atoms with Gasteiger partial charge in [-0.15, -0.1) is 0 Å². The van der Waals surface area contributed by atoms with E-state index in [1.807, 2.05) is 0 Å². The lowest BCUT2D eigenvalue weighted by atomic mass is 10.1. The molecule has 2 aromatic carbocycles. The second-order valence-corrected chi connectivity index (χ2v) is 4.11. The molecule has 0 aromatic heterocycles. The Balaban J connectivity index is 2.27. The van der Waals surface area contributed by atoms with Gasteiger partial charge in [0.2, 0.25) is 0 Å². The number of rotatable bonds is 3. The van der Waals surface area contributed by atoms with Gasteiger partial charge in [-0.3, -0.25) is 0 Å². The highest BCUT2D eigenvalue weighted by Gasteiger charge is 2.13. The topological polar surface area (TPSA) is 12.0 Å². The Bertz CT molecular complexity index is 590. The van der Waals surface area contributed by atoms with Crippen molar-refractivity contribution >= 4 is 5.69 Å². The van der Waals surface area contributed by atoms with Gasteiger partial charge in [0.05, 0.1) is 0 Å². The molecule has 2 aromatic rings. The summed E-state index contributed by atoms with van der Waals surface area (Å²) < 4.78 is 53.9. The fraction of sp³-hybridized carbons (Fsp3) is 0.143. The molecule has 2 rings (SSSR count). The molecule has 0 aliphatic rings. The van der Waals surface area contributed by atoms with E-state index in [4.69, 9.17) is 0 Å². The van der Waals surface area contributed by atoms with E-state index < -0.39 is 23.3 Å². The van der Waals surface area contributed by atoms with E-state index in [0.717, 1.165) is 18.2 Å². The summed E-state index contributed by atoms with van der Waals surface area (Å²) in [6.07, 6.45) is 0. The van der Waals surface area contributed by atoms with Gasteiger partial charge < -0.3 is 5.32 Å². The van der Waals surface area contributed by atoms with Gasteiger partial charge >= 0.3 is 0 Å². The SMILES string of the molecule is Cc1ccc(F)c(NCc2c(F)cccc2F)c1F. The molecule has 19 heavy (non-hydrogen) atoms. The van der Waals surface area contributed by atoms with Gasteiger partial charge in [-0.25, -0.2) is 17.6 Å². The van der Waals surface area contributed by atoms with Gasteiger partial charge in [0.1, 0.15) is 23.1 Å². The number of nitrogens with one attached hydrogen (secondary N) is 1. The highest BCUT2D eigenvalue weighted by Crippen LogP contribution is 2.23. The molecule has 100 valence electrons. The number of anilines is 1. The lowest BCUT2D eigenvalue weighted by Gasteiger charge is -2.11. The molecule has 0 saturated heterocycles. The van der Waals surface area contributed by atoms with Crippen molar-refractivity contribution in [2.75, 3.05) is 5.32 Å². The van der Waals surface area contributed by atoms with Gasteiger partial charge in [0.15, 0.2) is 5.82 Å². The van der Waals surface area contributed by atoms with E-state index in [-0.39, 0.29) is 23.4 Å². The summed E-state index contributed by atoms with van der Waals surface area (Å²) in [4.78, 5) is 0. The zero-order valence-corrected chi connectivity index (χ0v) is 10.1. The van der Waals surface area contributed by atoms with Gasteiger partial charge in [-0.1, -0.05) is 12.1 Å². The first-order valence-electron chi connectivity index (χ1n) is 5.62. The molecule has 0 aliphatic heterocycles. The Labute approximate surface area is 107 Å². The summed E-state index contributed by atoms with van der Waals surface area (Å²) in [5, 5.41) is 2.39. The fourth-order valence-corrected chi connectivity index (χ4v) is 1.70. The molecule has 1 N–H and O–H groups in total. The predicted molar refractivity (Wildman–Crippen MR) is 64.8 cm³/mol. The first-order valence-corrected chi connectivity index (χ1v) is 5.62. The quantitative estimate of drug-likeness (QED) is 0.825. The average Bonchev–Trinajstić information content (AvgIpc) is 2.37. The molecular weight excluding hydrogens is 258 g/mol. The van der Waals surface area contributed by atoms with Crippen LogP contribution in [0, 0.1) is 30.2 Å². The smallest absolute Gasteiger partial charge is 0.152 e. The van der Waals surface area contributed by atoms with Gasteiger partial charge in [-0.05, 0) is 30.7 Å². The largest absolute Gasteiger partial charge is 0.376 e. The van der Waals surface area contributed by atoms with E-state index in [2.05, 4.69) is 5.32 Å². The third kappa shape index (κ3) is 2.70. The monoisotopic (exact) mass is 269 g/mol. The minimum atomic E-state index is -0.806. The molecule has 0 fully saturated rings. The van der Waals surface area contributed by atoms with Crippen molar-refractivity contribution in [2.24, 2.45) is 0 Å². The third-order valence-corrected chi connectivity index (χ3v) is 2.79. The zero-order chi connectivity index (χ0) is 14.0. The van der Waals surface area contributed by atoms with Crippen molar-refractivity contribution in [3.8, 4) is 0 Å². The van der Waals surface area contributed by atoms with E-state index in [0.29, 0.717) is 0 Å². The van der Waals surface area contributed by atoms with Crippen LogP contribution in [0.15, 0.2) is 30.3 Å². The highest BCUT2D eigenvalue weighted by molar-refractivity contribution is 5.49. The van der Waals surface area contributed by atoms with E-state index in [1.54, 1.807) is 0 Å². The number of halogens is 4. The normalized spacial score (nSPS) is 10.6. The maximum Gasteiger partial charge on any atom is 0.152 e. The Morgan fingerprint density at radius 1 is 0.895 bits per heavy atom. The van der Waals surface area contributed by atoms with E-state index in [1.165, 1.54) is 19.1 Å². The lowest BCUT2D eigenvalue weighted by molar-refractivity contribution is 0.555. The minimum absolute atomic E-state index is 0.248. The van der Waals surface area contributed by atoms with Gasteiger partial charge in [0.25, 0.3) is 0 Å². The second-order valence-electron chi connectivity index (χ2n) is 4.11. The summed E-state index contributed by atoms with van der Waals surface area (Å²) in [7, 11) is 0. The molecule has 0 saturated carbocycles. The van der Waals surface area contributed by atoms with Crippen LogP contribution in [0.3, 0.4) is 0 Å². The Hall–Kier alpha value is -2.04. The first-order chi connectivity index (χ1) is 9.00. The van der Waals surface area contributed by atoms with Crippen LogP contribution in [0.4, 0.5) is 23.2 Å². The van der Waals surface area contributed by atoms with Crippen molar-refractivity contribution in [1.29, 1.82) is 0 Å². The van der Waals surface area contributed by atoms with Crippen LogP contribution in [0.25, 0.3) is 0 Å². The number of hydrogen-bond acceptors (Lipinski definition) is 1. The van der Waals surface area contributed by atoms with Crippen LogP contribution in [0.2, 0.25) is 0 Å². The molecule has 0 amide bonds. The van der Waals surface area contributed by atoms with E-state index >= 15 is 0 Å². The van der Waals surface area contributed by atoms with Crippen LogP contribution in [0.5, 0.6) is 0 Å². The molecule has 0 bridgehead atoms. The highest BCUT2D eigenvalue weighted by atomic mass is 19.1.